The Kier molecular flexibility index (Phi) is 5.12. The van der Waals surface area contributed by atoms with Crippen LogP contribution in [0.15, 0.2) is 53.7 Å². The fourth-order valence-electron chi connectivity index (χ4n) is 2.93. The fraction of sp³-hybridized carbons (Fsp3) is 0.200. The highest BCUT2D eigenvalue weighted by molar-refractivity contribution is 8.00. The van der Waals surface area contributed by atoms with E-state index in [1.807, 2.05) is 49.4 Å². The average Bonchev–Trinajstić information content (AvgIpc) is 3.09. The number of hydrogen-bond acceptors (Lipinski definition) is 6. The first-order valence-corrected chi connectivity index (χ1v) is 9.78. The van der Waals surface area contributed by atoms with E-state index < -0.39 is 0 Å². The fourth-order valence-corrected chi connectivity index (χ4v) is 3.75. The maximum absolute atomic E-state index is 12.7. The van der Waals surface area contributed by atoms with Crippen LogP contribution in [0.25, 0.3) is 22.1 Å². The molecular weight excluding hydrogens is 374 g/mol. The molecule has 2 heterocycles. The first kappa shape index (κ1) is 18.2. The van der Waals surface area contributed by atoms with Crippen LogP contribution in [0.5, 0.6) is 5.75 Å². The minimum Gasteiger partial charge on any atom is -0.497 e. The smallest absolute Gasteiger partial charge is 0.237 e. The van der Waals surface area contributed by atoms with Crippen LogP contribution in [-0.2, 0) is 4.79 Å². The highest BCUT2D eigenvalue weighted by atomic mass is 32.2. The number of thioether (sulfide) groups is 1. The second-order valence-electron chi connectivity index (χ2n) is 6.20. The van der Waals surface area contributed by atoms with E-state index in [0.717, 1.165) is 16.4 Å². The van der Waals surface area contributed by atoms with E-state index in [1.54, 1.807) is 13.2 Å². The van der Waals surface area contributed by atoms with Crippen LogP contribution in [0.4, 0.5) is 5.69 Å². The Labute approximate surface area is 165 Å². The summed E-state index contributed by atoms with van der Waals surface area (Å²) in [6.45, 7) is 1.96. The van der Waals surface area contributed by atoms with E-state index in [1.165, 1.54) is 11.8 Å². The molecule has 0 aliphatic carbocycles. The SMILES string of the molecule is CCC(Sc1nnc2c(n1)[nH]c1ccccc12)C(=O)Nc1cccc(OC)c1. The molecule has 0 radical (unpaired) electrons. The quantitative estimate of drug-likeness (QED) is 0.481. The molecule has 0 saturated carbocycles. The Morgan fingerprint density at radius 2 is 2.07 bits per heavy atom. The highest BCUT2D eigenvalue weighted by Gasteiger charge is 2.21. The lowest BCUT2D eigenvalue weighted by Crippen LogP contribution is -2.24. The number of carbonyl (C=O) groups excluding carboxylic acids is 1. The van der Waals surface area contributed by atoms with Crippen LogP contribution < -0.4 is 10.1 Å². The zero-order valence-corrected chi connectivity index (χ0v) is 16.3. The van der Waals surface area contributed by atoms with E-state index >= 15 is 0 Å². The summed E-state index contributed by atoms with van der Waals surface area (Å²) in [5, 5.41) is 12.6. The lowest BCUT2D eigenvalue weighted by molar-refractivity contribution is -0.115. The molecule has 0 spiro atoms. The Morgan fingerprint density at radius 3 is 2.89 bits per heavy atom. The van der Waals surface area contributed by atoms with Crippen molar-refractivity contribution < 1.29 is 9.53 Å². The lowest BCUT2D eigenvalue weighted by atomic mass is 10.2. The molecule has 0 saturated heterocycles. The molecule has 1 atom stereocenters. The second-order valence-corrected chi connectivity index (χ2v) is 7.37. The Bertz CT molecular complexity index is 1140. The number of para-hydroxylation sites is 1. The summed E-state index contributed by atoms with van der Waals surface area (Å²) < 4.78 is 5.20. The molecule has 0 aliphatic heterocycles. The minimum absolute atomic E-state index is 0.110. The zero-order valence-electron chi connectivity index (χ0n) is 15.5. The molecule has 1 amide bonds. The zero-order chi connectivity index (χ0) is 19.5. The van der Waals surface area contributed by atoms with Gasteiger partial charge in [0.1, 0.15) is 11.3 Å². The lowest BCUT2D eigenvalue weighted by Gasteiger charge is -2.14. The number of amides is 1. The third-order valence-corrected chi connectivity index (χ3v) is 5.57. The predicted molar refractivity (Wildman–Crippen MR) is 111 cm³/mol. The van der Waals surface area contributed by atoms with E-state index in [2.05, 4.69) is 25.5 Å². The number of nitrogens with zero attached hydrogens (tertiary/aromatic N) is 3. The van der Waals surface area contributed by atoms with E-state index in [-0.39, 0.29) is 11.2 Å². The number of ether oxygens (including phenoxy) is 1. The number of nitrogens with one attached hydrogen (secondary N) is 2. The van der Waals surface area contributed by atoms with Crippen molar-refractivity contribution in [3.8, 4) is 5.75 Å². The maximum atomic E-state index is 12.7. The van der Waals surface area contributed by atoms with Gasteiger partial charge in [-0.25, -0.2) is 4.98 Å². The van der Waals surface area contributed by atoms with Crippen molar-refractivity contribution in [2.24, 2.45) is 0 Å². The molecular formula is C20H19N5O2S. The standard InChI is InChI=1S/C20H19N5O2S/c1-3-16(19(26)21-12-7-6-8-13(11-12)27-2)28-20-23-18-17(24-25-20)14-9-4-5-10-15(14)22-18/h4-11,16H,3H2,1-2H3,(H,21,26)(H,22,23,25). The summed E-state index contributed by atoms with van der Waals surface area (Å²) >= 11 is 1.30. The molecule has 28 heavy (non-hydrogen) atoms. The Balaban J connectivity index is 1.53. The van der Waals surface area contributed by atoms with Crippen LogP contribution in [0.3, 0.4) is 0 Å². The number of benzene rings is 2. The number of anilines is 1. The van der Waals surface area contributed by atoms with Gasteiger partial charge in [-0.1, -0.05) is 43.0 Å². The van der Waals surface area contributed by atoms with Crippen molar-refractivity contribution in [3.05, 3.63) is 48.5 Å². The summed E-state index contributed by atoms with van der Waals surface area (Å²) in [6, 6.07) is 15.1. The van der Waals surface area contributed by atoms with Gasteiger partial charge in [-0.2, -0.15) is 0 Å². The van der Waals surface area contributed by atoms with Crippen molar-refractivity contribution in [2.75, 3.05) is 12.4 Å². The van der Waals surface area contributed by atoms with Gasteiger partial charge in [0.25, 0.3) is 0 Å². The Hall–Kier alpha value is -3.13. The summed E-state index contributed by atoms with van der Waals surface area (Å²) in [7, 11) is 1.59. The van der Waals surface area contributed by atoms with Crippen molar-refractivity contribution >= 4 is 45.4 Å². The second kappa shape index (κ2) is 7.85. The summed E-state index contributed by atoms with van der Waals surface area (Å²) in [5.41, 5.74) is 3.05. The van der Waals surface area contributed by atoms with Crippen molar-refractivity contribution in [3.63, 3.8) is 0 Å². The van der Waals surface area contributed by atoms with Crippen molar-refractivity contribution in [2.45, 2.75) is 23.8 Å². The van der Waals surface area contributed by atoms with Gasteiger partial charge in [0, 0.05) is 22.7 Å². The van der Waals surface area contributed by atoms with Gasteiger partial charge in [0.2, 0.25) is 11.1 Å². The topological polar surface area (TPSA) is 92.8 Å². The first-order valence-electron chi connectivity index (χ1n) is 8.90. The Morgan fingerprint density at radius 1 is 1.21 bits per heavy atom. The van der Waals surface area contributed by atoms with Gasteiger partial charge in [0.15, 0.2) is 5.65 Å². The van der Waals surface area contributed by atoms with Crippen molar-refractivity contribution in [1.29, 1.82) is 0 Å². The number of fused-ring (bicyclic) bond motifs is 3. The molecule has 4 aromatic rings. The minimum atomic E-state index is -0.338. The molecule has 1 unspecified atom stereocenters. The van der Waals surface area contributed by atoms with Gasteiger partial charge in [-0.15, -0.1) is 10.2 Å². The molecule has 0 fully saturated rings. The average molecular weight is 393 g/mol. The van der Waals surface area contributed by atoms with E-state index in [4.69, 9.17) is 4.74 Å². The predicted octanol–water partition coefficient (Wildman–Crippen LogP) is 4.02. The van der Waals surface area contributed by atoms with Gasteiger partial charge in [-0.3, -0.25) is 4.79 Å². The molecule has 2 aromatic heterocycles. The molecule has 4 rings (SSSR count). The number of H-pyrrole nitrogens is 1. The van der Waals surface area contributed by atoms with Crippen LogP contribution >= 0.6 is 11.8 Å². The largest absolute Gasteiger partial charge is 0.497 e. The van der Waals surface area contributed by atoms with E-state index in [9.17, 15) is 4.79 Å². The molecule has 0 bridgehead atoms. The maximum Gasteiger partial charge on any atom is 0.237 e. The molecule has 2 aromatic carbocycles. The molecule has 2 N–H and O–H groups in total. The number of rotatable bonds is 6. The molecule has 7 nitrogen and oxygen atoms in total. The van der Waals surface area contributed by atoms with Crippen LogP contribution in [0.1, 0.15) is 13.3 Å². The first-order chi connectivity index (χ1) is 13.7. The van der Waals surface area contributed by atoms with Gasteiger partial charge >= 0.3 is 0 Å². The van der Waals surface area contributed by atoms with Crippen LogP contribution in [-0.4, -0.2) is 38.4 Å². The van der Waals surface area contributed by atoms with Crippen LogP contribution in [0, 0.1) is 0 Å². The van der Waals surface area contributed by atoms with Gasteiger partial charge in [0.05, 0.1) is 12.4 Å². The third-order valence-electron chi connectivity index (χ3n) is 4.35. The van der Waals surface area contributed by atoms with Crippen LogP contribution in [0.2, 0.25) is 0 Å². The normalized spacial score (nSPS) is 12.2. The summed E-state index contributed by atoms with van der Waals surface area (Å²) in [4.78, 5) is 20.5. The molecule has 0 aliphatic rings. The molecule has 142 valence electrons. The van der Waals surface area contributed by atoms with Crippen molar-refractivity contribution in [1.82, 2.24) is 20.2 Å². The summed E-state index contributed by atoms with van der Waals surface area (Å²) in [5.74, 6) is 0.580. The number of methoxy groups -OCH3 is 1. The molecule has 8 heteroatoms. The number of aromatic amines is 1. The van der Waals surface area contributed by atoms with E-state index in [0.29, 0.717) is 28.7 Å². The number of hydrogen-bond donors (Lipinski definition) is 2. The van der Waals surface area contributed by atoms with Gasteiger partial charge in [-0.05, 0) is 24.6 Å². The summed E-state index contributed by atoms with van der Waals surface area (Å²) in [6.07, 6.45) is 0.633. The monoisotopic (exact) mass is 393 g/mol. The number of carbonyl (C=O) groups is 1. The highest BCUT2D eigenvalue weighted by Crippen LogP contribution is 2.27. The van der Waals surface area contributed by atoms with Gasteiger partial charge < -0.3 is 15.0 Å². The number of aromatic nitrogens is 4. The third kappa shape index (κ3) is 3.63.